The van der Waals surface area contributed by atoms with Crippen molar-refractivity contribution in [3.05, 3.63) is 77.9 Å². The molecule has 0 amide bonds. The lowest BCUT2D eigenvalue weighted by Crippen LogP contribution is -2.35. The highest BCUT2D eigenvalue weighted by atomic mass is 32.1. The van der Waals surface area contributed by atoms with Gasteiger partial charge in [-0.1, -0.05) is 60.7 Å². The van der Waals surface area contributed by atoms with Gasteiger partial charge in [-0.3, -0.25) is 0 Å². The van der Waals surface area contributed by atoms with Gasteiger partial charge in [0.15, 0.2) is 0 Å². The van der Waals surface area contributed by atoms with Crippen molar-refractivity contribution in [1.29, 1.82) is 0 Å². The highest BCUT2D eigenvalue weighted by Crippen LogP contribution is 2.39. The Hall–Kier alpha value is -2.76. The van der Waals surface area contributed by atoms with Crippen molar-refractivity contribution in [2.45, 2.75) is 18.9 Å². The number of benzene rings is 2. The normalized spacial score (nSPS) is 15.5. The van der Waals surface area contributed by atoms with Gasteiger partial charge in [-0.05, 0) is 37.1 Å². The third-order valence-electron chi connectivity index (χ3n) is 6.05. The third kappa shape index (κ3) is 3.71. The summed E-state index contributed by atoms with van der Waals surface area (Å²) < 4.78 is 0. The van der Waals surface area contributed by atoms with Crippen molar-refractivity contribution < 1.29 is 0 Å². The van der Waals surface area contributed by atoms with Crippen molar-refractivity contribution in [1.82, 2.24) is 14.9 Å². The van der Waals surface area contributed by atoms with Crippen LogP contribution in [0.25, 0.3) is 21.3 Å². The van der Waals surface area contributed by atoms with E-state index in [0.717, 1.165) is 22.6 Å². The summed E-state index contributed by atoms with van der Waals surface area (Å²) in [6.07, 6.45) is 4.30. The summed E-state index contributed by atoms with van der Waals surface area (Å²) >= 11 is 1.69. The smallest absolute Gasteiger partial charge is 0.141 e. The first kappa shape index (κ1) is 19.2. The van der Waals surface area contributed by atoms with Gasteiger partial charge in [0.05, 0.1) is 11.4 Å². The molecule has 2 aromatic carbocycles. The van der Waals surface area contributed by atoms with Crippen molar-refractivity contribution >= 4 is 27.4 Å². The molecule has 2 aromatic heterocycles. The number of fused-ring (bicyclic) bond motifs is 1. The molecule has 0 spiro atoms. The van der Waals surface area contributed by atoms with Crippen LogP contribution in [0.1, 0.15) is 24.4 Å². The van der Waals surface area contributed by atoms with Crippen LogP contribution in [0.5, 0.6) is 0 Å². The van der Waals surface area contributed by atoms with Gasteiger partial charge in [0, 0.05) is 24.5 Å². The van der Waals surface area contributed by atoms with Crippen LogP contribution in [0.3, 0.4) is 0 Å². The SMILES string of the molecule is CN(c1ncnc2scc(-c3ccccc3)c12)[C@H](CN1CCCC1)c1ccccc1. The van der Waals surface area contributed by atoms with Crippen LogP contribution >= 0.6 is 11.3 Å². The molecular formula is C25H26N4S. The standard InChI is InChI=1S/C25H26N4S/c1-28(22(16-29-14-8-9-15-29)20-12-6-3-7-13-20)24-23-21(19-10-4-2-5-11-19)17-30-25(23)27-18-26-24/h2-7,10-13,17-18,22H,8-9,14-16H2,1H3/t22-/m1/s1. The fraction of sp³-hybridized carbons (Fsp3) is 0.280. The third-order valence-corrected chi connectivity index (χ3v) is 6.94. The number of hydrogen-bond acceptors (Lipinski definition) is 5. The zero-order chi connectivity index (χ0) is 20.3. The summed E-state index contributed by atoms with van der Waals surface area (Å²) in [5.74, 6) is 1.01. The summed E-state index contributed by atoms with van der Waals surface area (Å²) in [7, 11) is 2.18. The minimum Gasteiger partial charge on any atom is -0.351 e. The minimum atomic E-state index is 0.242. The predicted octanol–water partition coefficient (Wildman–Crippen LogP) is 5.63. The predicted molar refractivity (Wildman–Crippen MR) is 126 cm³/mol. The van der Waals surface area contributed by atoms with E-state index in [9.17, 15) is 0 Å². The summed E-state index contributed by atoms with van der Waals surface area (Å²) in [4.78, 5) is 15.3. The number of hydrogen-bond donors (Lipinski definition) is 0. The van der Waals surface area contributed by atoms with Gasteiger partial charge in [-0.15, -0.1) is 11.3 Å². The van der Waals surface area contributed by atoms with Crippen LogP contribution in [0.15, 0.2) is 72.4 Å². The van der Waals surface area contributed by atoms with Crippen LogP contribution in [-0.4, -0.2) is 41.5 Å². The summed E-state index contributed by atoms with van der Waals surface area (Å²) in [5, 5.41) is 3.36. The Balaban J connectivity index is 1.59. The molecule has 1 aliphatic rings. The van der Waals surface area contributed by atoms with E-state index in [1.54, 1.807) is 17.7 Å². The summed E-state index contributed by atoms with van der Waals surface area (Å²) in [6, 6.07) is 21.6. The first-order valence-electron chi connectivity index (χ1n) is 10.6. The zero-order valence-electron chi connectivity index (χ0n) is 17.2. The maximum absolute atomic E-state index is 4.79. The molecular weight excluding hydrogens is 388 g/mol. The van der Waals surface area contributed by atoms with Crippen LogP contribution in [0.4, 0.5) is 5.82 Å². The first-order chi connectivity index (χ1) is 14.8. The molecule has 0 aliphatic carbocycles. The second-order valence-corrected chi connectivity index (χ2v) is 8.80. The van der Waals surface area contributed by atoms with Gasteiger partial charge in [0.1, 0.15) is 17.0 Å². The van der Waals surface area contributed by atoms with E-state index in [2.05, 4.69) is 87.9 Å². The number of nitrogens with zero attached hydrogens (tertiary/aromatic N) is 4. The quantitative estimate of drug-likeness (QED) is 0.409. The Labute approximate surface area is 181 Å². The number of likely N-dealkylation sites (N-methyl/N-ethyl adjacent to an activating group) is 1. The Kier molecular flexibility index (Phi) is 5.47. The second-order valence-electron chi connectivity index (χ2n) is 7.94. The molecule has 4 aromatic rings. The molecule has 5 rings (SSSR count). The average molecular weight is 415 g/mol. The van der Waals surface area contributed by atoms with Crippen LogP contribution < -0.4 is 4.90 Å². The van der Waals surface area contributed by atoms with E-state index in [-0.39, 0.29) is 6.04 Å². The average Bonchev–Trinajstić information content (AvgIpc) is 3.48. The highest BCUT2D eigenvalue weighted by Gasteiger charge is 2.26. The molecule has 1 aliphatic heterocycles. The van der Waals surface area contributed by atoms with Gasteiger partial charge in [0.25, 0.3) is 0 Å². The molecule has 0 unspecified atom stereocenters. The molecule has 1 fully saturated rings. The molecule has 152 valence electrons. The molecule has 30 heavy (non-hydrogen) atoms. The van der Waals surface area contributed by atoms with Gasteiger partial charge in [-0.2, -0.15) is 0 Å². The Morgan fingerprint density at radius 3 is 2.40 bits per heavy atom. The van der Waals surface area contributed by atoms with E-state index in [1.165, 1.54) is 42.6 Å². The lowest BCUT2D eigenvalue weighted by atomic mass is 10.0. The number of likely N-dealkylation sites (tertiary alicyclic amines) is 1. The number of aromatic nitrogens is 2. The molecule has 0 saturated carbocycles. The lowest BCUT2D eigenvalue weighted by Gasteiger charge is -2.33. The topological polar surface area (TPSA) is 32.3 Å². The van der Waals surface area contributed by atoms with Gasteiger partial charge < -0.3 is 9.80 Å². The number of anilines is 1. The molecule has 4 nitrogen and oxygen atoms in total. The molecule has 0 N–H and O–H groups in total. The van der Waals surface area contributed by atoms with Crippen molar-refractivity contribution in [2.24, 2.45) is 0 Å². The maximum atomic E-state index is 4.79. The fourth-order valence-electron chi connectivity index (χ4n) is 4.44. The minimum absolute atomic E-state index is 0.242. The molecule has 0 bridgehead atoms. The van der Waals surface area contributed by atoms with E-state index >= 15 is 0 Å². The van der Waals surface area contributed by atoms with Crippen molar-refractivity contribution in [3.63, 3.8) is 0 Å². The monoisotopic (exact) mass is 414 g/mol. The molecule has 1 saturated heterocycles. The van der Waals surface area contributed by atoms with Crippen molar-refractivity contribution in [2.75, 3.05) is 31.6 Å². The Morgan fingerprint density at radius 1 is 0.967 bits per heavy atom. The fourth-order valence-corrected chi connectivity index (χ4v) is 5.35. The van der Waals surface area contributed by atoms with E-state index in [4.69, 9.17) is 4.98 Å². The zero-order valence-corrected chi connectivity index (χ0v) is 18.1. The van der Waals surface area contributed by atoms with E-state index in [0.29, 0.717) is 0 Å². The first-order valence-corrected chi connectivity index (χ1v) is 11.5. The van der Waals surface area contributed by atoms with Crippen LogP contribution in [-0.2, 0) is 0 Å². The number of rotatable bonds is 6. The molecule has 0 radical (unpaired) electrons. The second kappa shape index (κ2) is 8.54. The highest BCUT2D eigenvalue weighted by molar-refractivity contribution is 7.17. The summed E-state index contributed by atoms with van der Waals surface area (Å²) in [5.41, 5.74) is 3.75. The molecule has 3 heterocycles. The van der Waals surface area contributed by atoms with Gasteiger partial charge in [0.2, 0.25) is 0 Å². The maximum Gasteiger partial charge on any atom is 0.141 e. The lowest BCUT2D eigenvalue weighted by molar-refractivity contribution is 0.312. The van der Waals surface area contributed by atoms with Crippen LogP contribution in [0, 0.1) is 0 Å². The largest absolute Gasteiger partial charge is 0.351 e. The number of thiophene rings is 1. The van der Waals surface area contributed by atoms with E-state index < -0.39 is 0 Å². The Morgan fingerprint density at radius 2 is 1.67 bits per heavy atom. The molecule has 1 atom stereocenters. The van der Waals surface area contributed by atoms with Crippen molar-refractivity contribution in [3.8, 4) is 11.1 Å². The van der Waals surface area contributed by atoms with E-state index in [1.807, 2.05) is 0 Å². The van der Waals surface area contributed by atoms with Gasteiger partial charge >= 0.3 is 0 Å². The Bertz CT molecular complexity index is 1100. The molecule has 5 heteroatoms. The van der Waals surface area contributed by atoms with Gasteiger partial charge in [-0.25, -0.2) is 9.97 Å². The summed E-state index contributed by atoms with van der Waals surface area (Å²) in [6.45, 7) is 3.38. The van der Waals surface area contributed by atoms with Crippen LogP contribution in [0.2, 0.25) is 0 Å².